The molecule has 4 aromatic rings. The maximum Gasteiger partial charge on any atom is 0.257 e. The minimum atomic E-state index is -0.711. The molecular weight excluding hydrogens is 501 g/mol. The van der Waals surface area contributed by atoms with Crippen molar-refractivity contribution in [3.63, 3.8) is 0 Å². The summed E-state index contributed by atoms with van der Waals surface area (Å²) in [6.45, 7) is 0.755. The van der Waals surface area contributed by atoms with E-state index in [1.54, 1.807) is 0 Å². The standard InChI is InChI=1S/C23H18Cl2F2N6O2/c1-35-7-6-28-21-8-13(26)2-3-15(21)16-10-18(24)17(11-20(16)27)23(34)32-14-9-19(25)22(29-12-14)33-30-4-5-31-33/h2-5,8-12,28H,6-7H2,1H3,(H,32,34). The monoisotopic (exact) mass is 518 g/mol. The van der Waals surface area contributed by atoms with Crippen molar-refractivity contribution in [2.75, 3.05) is 30.9 Å². The lowest BCUT2D eigenvalue weighted by molar-refractivity contribution is 0.102. The van der Waals surface area contributed by atoms with Crippen LogP contribution in [0.15, 0.2) is 55.0 Å². The van der Waals surface area contributed by atoms with Crippen LogP contribution in [0.3, 0.4) is 0 Å². The molecule has 0 saturated carbocycles. The SMILES string of the molecule is COCCNc1cc(F)ccc1-c1cc(Cl)c(C(=O)Nc2cnc(-n3nccn3)c(Cl)c2)cc1F. The first-order chi connectivity index (χ1) is 16.9. The van der Waals surface area contributed by atoms with Crippen LogP contribution in [0.5, 0.6) is 0 Å². The van der Waals surface area contributed by atoms with Crippen molar-refractivity contribution in [1.29, 1.82) is 0 Å². The molecule has 2 aromatic heterocycles. The van der Waals surface area contributed by atoms with Crippen molar-refractivity contribution >= 4 is 40.5 Å². The normalized spacial score (nSPS) is 10.9. The van der Waals surface area contributed by atoms with Gasteiger partial charge in [-0.3, -0.25) is 4.79 Å². The van der Waals surface area contributed by atoms with Crippen LogP contribution in [0.4, 0.5) is 20.2 Å². The Labute approximate surface area is 208 Å². The molecule has 2 heterocycles. The van der Waals surface area contributed by atoms with Gasteiger partial charge in [-0.15, -0.1) is 4.80 Å². The van der Waals surface area contributed by atoms with Crippen molar-refractivity contribution in [1.82, 2.24) is 20.0 Å². The predicted octanol–water partition coefficient (Wildman–Crippen LogP) is 5.22. The molecule has 1 amide bonds. The molecule has 8 nitrogen and oxygen atoms in total. The number of methoxy groups -OCH3 is 1. The number of amides is 1. The molecule has 0 saturated heterocycles. The molecule has 0 aliphatic heterocycles. The predicted molar refractivity (Wildman–Crippen MR) is 129 cm³/mol. The summed E-state index contributed by atoms with van der Waals surface area (Å²) in [5, 5.41) is 13.7. The molecule has 12 heteroatoms. The molecule has 0 unspecified atom stereocenters. The number of hydrogen-bond acceptors (Lipinski definition) is 6. The van der Waals surface area contributed by atoms with E-state index in [1.807, 2.05) is 0 Å². The zero-order valence-electron chi connectivity index (χ0n) is 18.2. The van der Waals surface area contributed by atoms with E-state index in [0.29, 0.717) is 24.4 Å². The van der Waals surface area contributed by atoms with Crippen LogP contribution in [0.25, 0.3) is 16.9 Å². The summed E-state index contributed by atoms with van der Waals surface area (Å²) >= 11 is 12.6. The van der Waals surface area contributed by atoms with E-state index < -0.39 is 17.5 Å². The number of carbonyl (C=O) groups is 1. The number of hydrogen-bond donors (Lipinski definition) is 2. The number of rotatable bonds is 8. The van der Waals surface area contributed by atoms with E-state index >= 15 is 4.39 Å². The van der Waals surface area contributed by atoms with Crippen molar-refractivity contribution in [3.05, 3.63) is 82.2 Å². The second-order valence-electron chi connectivity index (χ2n) is 7.22. The topological polar surface area (TPSA) is 94.0 Å². The van der Waals surface area contributed by atoms with Crippen LogP contribution in [0.2, 0.25) is 10.0 Å². The molecule has 0 atom stereocenters. The third-order valence-corrected chi connectivity index (χ3v) is 5.47. The van der Waals surface area contributed by atoms with E-state index in [1.165, 1.54) is 60.8 Å². The number of aromatic nitrogens is 4. The van der Waals surface area contributed by atoms with Gasteiger partial charge in [-0.25, -0.2) is 13.8 Å². The second kappa shape index (κ2) is 10.8. The van der Waals surface area contributed by atoms with Crippen LogP contribution in [0, 0.1) is 11.6 Å². The molecule has 0 aliphatic rings. The quantitative estimate of drug-likeness (QED) is 0.310. The van der Waals surface area contributed by atoms with Crippen molar-refractivity contribution < 1.29 is 18.3 Å². The van der Waals surface area contributed by atoms with Crippen molar-refractivity contribution in [2.45, 2.75) is 0 Å². The van der Waals surface area contributed by atoms with Gasteiger partial charge in [0.05, 0.1) is 46.5 Å². The molecule has 0 radical (unpaired) electrons. The largest absolute Gasteiger partial charge is 0.383 e. The maximum absolute atomic E-state index is 15.1. The van der Waals surface area contributed by atoms with Gasteiger partial charge in [-0.2, -0.15) is 10.2 Å². The van der Waals surface area contributed by atoms with Crippen LogP contribution in [0.1, 0.15) is 10.4 Å². The number of anilines is 2. The lowest BCUT2D eigenvalue weighted by atomic mass is 10.0. The van der Waals surface area contributed by atoms with E-state index in [9.17, 15) is 9.18 Å². The highest BCUT2D eigenvalue weighted by Gasteiger charge is 2.19. The van der Waals surface area contributed by atoms with E-state index in [-0.39, 0.29) is 32.7 Å². The number of carbonyl (C=O) groups excluding carboxylic acids is 1. The summed E-state index contributed by atoms with van der Waals surface area (Å²) in [5.41, 5.74) is 1.01. The fourth-order valence-electron chi connectivity index (χ4n) is 3.28. The lowest BCUT2D eigenvalue weighted by Gasteiger charge is -2.15. The highest BCUT2D eigenvalue weighted by atomic mass is 35.5. The summed E-state index contributed by atoms with van der Waals surface area (Å²) < 4.78 is 33.9. The fraction of sp³-hybridized carbons (Fsp3) is 0.130. The molecule has 2 aromatic carbocycles. The van der Waals surface area contributed by atoms with Crippen molar-refractivity contribution in [3.8, 4) is 16.9 Å². The minimum Gasteiger partial charge on any atom is -0.383 e. The minimum absolute atomic E-state index is 0.00230. The molecule has 0 aliphatic carbocycles. The Kier molecular flexibility index (Phi) is 7.54. The highest BCUT2D eigenvalue weighted by Crippen LogP contribution is 2.34. The average Bonchev–Trinajstić information content (AvgIpc) is 3.35. The van der Waals surface area contributed by atoms with Crippen molar-refractivity contribution in [2.24, 2.45) is 0 Å². The molecular formula is C23H18Cl2F2N6O2. The Hall–Kier alpha value is -3.60. The maximum atomic E-state index is 15.1. The van der Waals surface area contributed by atoms with Gasteiger partial charge in [0.25, 0.3) is 5.91 Å². The number of halogens is 4. The van der Waals surface area contributed by atoms with E-state index in [4.69, 9.17) is 27.9 Å². The molecule has 0 spiro atoms. The van der Waals surface area contributed by atoms with Gasteiger partial charge >= 0.3 is 0 Å². The van der Waals surface area contributed by atoms with Gasteiger partial charge in [-0.1, -0.05) is 23.2 Å². The Bertz CT molecular complexity index is 1370. The Morgan fingerprint density at radius 2 is 1.83 bits per heavy atom. The number of nitrogens with zero attached hydrogens (tertiary/aromatic N) is 4. The first-order valence-corrected chi connectivity index (χ1v) is 11.0. The summed E-state index contributed by atoms with van der Waals surface area (Å²) in [4.78, 5) is 18.2. The Morgan fingerprint density at radius 3 is 2.54 bits per heavy atom. The van der Waals surface area contributed by atoms with Gasteiger partial charge < -0.3 is 15.4 Å². The number of benzene rings is 2. The molecule has 2 N–H and O–H groups in total. The zero-order chi connectivity index (χ0) is 24.9. The molecule has 35 heavy (non-hydrogen) atoms. The van der Waals surface area contributed by atoms with Gasteiger partial charge in [0.1, 0.15) is 11.6 Å². The molecule has 4 rings (SSSR count). The summed E-state index contributed by atoms with van der Waals surface area (Å²) in [5.74, 6) is -1.59. The Balaban J connectivity index is 1.59. The van der Waals surface area contributed by atoms with Crippen LogP contribution in [-0.2, 0) is 4.74 Å². The third-order valence-electron chi connectivity index (χ3n) is 4.88. The van der Waals surface area contributed by atoms with E-state index in [2.05, 4.69) is 25.8 Å². The van der Waals surface area contributed by atoms with Gasteiger partial charge in [0.2, 0.25) is 0 Å². The third kappa shape index (κ3) is 5.56. The summed E-state index contributed by atoms with van der Waals surface area (Å²) in [6, 6.07) is 7.69. The summed E-state index contributed by atoms with van der Waals surface area (Å²) in [7, 11) is 1.53. The molecule has 0 bridgehead atoms. The van der Waals surface area contributed by atoms with Gasteiger partial charge in [0.15, 0.2) is 5.82 Å². The lowest BCUT2D eigenvalue weighted by Crippen LogP contribution is -2.14. The van der Waals surface area contributed by atoms with Gasteiger partial charge in [-0.05, 0) is 36.4 Å². The second-order valence-corrected chi connectivity index (χ2v) is 8.04. The first kappa shape index (κ1) is 24.5. The fourth-order valence-corrected chi connectivity index (χ4v) is 3.77. The summed E-state index contributed by atoms with van der Waals surface area (Å²) in [6.07, 6.45) is 4.30. The molecule has 0 fully saturated rings. The number of nitrogens with one attached hydrogen (secondary N) is 2. The number of pyridine rings is 1. The smallest absolute Gasteiger partial charge is 0.257 e. The van der Waals surface area contributed by atoms with Crippen LogP contribution in [-0.4, -0.2) is 46.1 Å². The van der Waals surface area contributed by atoms with Crippen LogP contribution < -0.4 is 10.6 Å². The van der Waals surface area contributed by atoms with Gasteiger partial charge in [0, 0.05) is 30.5 Å². The Morgan fingerprint density at radius 1 is 1.06 bits per heavy atom. The average molecular weight is 519 g/mol. The zero-order valence-corrected chi connectivity index (χ0v) is 19.7. The first-order valence-electron chi connectivity index (χ1n) is 10.2. The highest BCUT2D eigenvalue weighted by molar-refractivity contribution is 6.35. The van der Waals surface area contributed by atoms with Crippen LogP contribution >= 0.6 is 23.2 Å². The van der Waals surface area contributed by atoms with E-state index in [0.717, 1.165) is 6.07 Å². The molecule has 180 valence electrons. The number of ether oxygens (including phenoxy) is 1.